The molecule has 6 nitrogen and oxygen atoms in total. The maximum absolute atomic E-state index is 12.6. The second-order valence-corrected chi connectivity index (χ2v) is 5.50. The van der Waals surface area contributed by atoms with E-state index < -0.39 is 5.97 Å². The SMILES string of the molecule is O=C(O)c1ccc(C(=O)N2CCO[C@H]3CCCC[C@@H]32)cn1. The lowest BCUT2D eigenvalue weighted by atomic mass is 9.90. The van der Waals surface area contributed by atoms with Crippen molar-refractivity contribution in [3.8, 4) is 0 Å². The quantitative estimate of drug-likeness (QED) is 0.894. The summed E-state index contributed by atoms with van der Waals surface area (Å²) < 4.78 is 5.76. The van der Waals surface area contributed by atoms with Gasteiger partial charge >= 0.3 is 5.97 Å². The van der Waals surface area contributed by atoms with Gasteiger partial charge in [0.1, 0.15) is 5.69 Å². The fraction of sp³-hybridized carbons (Fsp3) is 0.533. The van der Waals surface area contributed by atoms with Gasteiger partial charge in [0.25, 0.3) is 5.91 Å². The van der Waals surface area contributed by atoms with E-state index in [9.17, 15) is 9.59 Å². The maximum Gasteiger partial charge on any atom is 0.354 e. The highest BCUT2D eigenvalue weighted by Crippen LogP contribution is 2.29. The number of aromatic carboxylic acids is 1. The monoisotopic (exact) mass is 290 g/mol. The summed E-state index contributed by atoms with van der Waals surface area (Å²) in [5.41, 5.74) is 0.385. The van der Waals surface area contributed by atoms with Crippen molar-refractivity contribution in [1.82, 2.24) is 9.88 Å². The van der Waals surface area contributed by atoms with Crippen LogP contribution in [0.4, 0.5) is 0 Å². The van der Waals surface area contributed by atoms with E-state index in [0.29, 0.717) is 18.7 Å². The Hall–Kier alpha value is -1.95. The zero-order chi connectivity index (χ0) is 14.8. The number of amides is 1. The van der Waals surface area contributed by atoms with Crippen LogP contribution in [-0.4, -0.2) is 52.2 Å². The maximum atomic E-state index is 12.6. The molecular weight excluding hydrogens is 272 g/mol. The Balaban J connectivity index is 1.78. The average molecular weight is 290 g/mol. The van der Waals surface area contributed by atoms with Gasteiger partial charge in [-0.3, -0.25) is 4.79 Å². The number of hydrogen-bond acceptors (Lipinski definition) is 4. The molecule has 1 aliphatic carbocycles. The molecule has 0 unspecified atom stereocenters. The molecule has 1 saturated carbocycles. The number of carboxylic acids is 1. The molecule has 1 amide bonds. The van der Waals surface area contributed by atoms with Crippen LogP contribution >= 0.6 is 0 Å². The van der Waals surface area contributed by atoms with Gasteiger partial charge in [-0.05, 0) is 25.0 Å². The summed E-state index contributed by atoms with van der Waals surface area (Å²) in [7, 11) is 0. The molecule has 2 aliphatic rings. The summed E-state index contributed by atoms with van der Waals surface area (Å²) in [6.45, 7) is 1.15. The number of rotatable bonds is 2. The minimum atomic E-state index is -1.09. The van der Waals surface area contributed by atoms with Crippen molar-refractivity contribution in [2.24, 2.45) is 0 Å². The zero-order valence-corrected chi connectivity index (χ0v) is 11.7. The highest BCUT2D eigenvalue weighted by atomic mass is 16.5. The van der Waals surface area contributed by atoms with Crippen LogP contribution in [0.15, 0.2) is 18.3 Å². The van der Waals surface area contributed by atoms with E-state index in [0.717, 1.165) is 25.7 Å². The van der Waals surface area contributed by atoms with E-state index in [-0.39, 0.29) is 23.7 Å². The predicted molar refractivity (Wildman–Crippen MR) is 74.2 cm³/mol. The molecule has 0 aromatic carbocycles. The lowest BCUT2D eigenvalue weighted by Crippen LogP contribution is -2.54. The molecule has 1 saturated heterocycles. The molecule has 6 heteroatoms. The second kappa shape index (κ2) is 5.81. The van der Waals surface area contributed by atoms with Crippen LogP contribution in [0.25, 0.3) is 0 Å². The highest BCUT2D eigenvalue weighted by Gasteiger charge is 2.37. The van der Waals surface area contributed by atoms with Crippen molar-refractivity contribution in [3.63, 3.8) is 0 Å². The number of aromatic nitrogens is 1. The van der Waals surface area contributed by atoms with E-state index in [4.69, 9.17) is 9.84 Å². The van der Waals surface area contributed by atoms with Gasteiger partial charge in [0, 0.05) is 12.7 Å². The minimum Gasteiger partial charge on any atom is -0.477 e. The van der Waals surface area contributed by atoms with Crippen LogP contribution in [0, 0.1) is 0 Å². The molecule has 2 atom stereocenters. The van der Waals surface area contributed by atoms with Crippen LogP contribution < -0.4 is 0 Å². The molecule has 112 valence electrons. The summed E-state index contributed by atoms with van der Waals surface area (Å²) in [6, 6.07) is 3.04. The number of hydrogen-bond donors (Lipinski definition) is 1. The van der Waals surface area contributed by atoms with Crippen molar-refractivity contribution in [2.75, 3.05) is 13.2 Å². The molecule has 0 radical (unpaired) electrons. The van der Waals surface area contributed by atoms with E-state index in [2.05, 4.69) is 4.98 Å². The molecule has 1 aromatic rings. The van der Waals surface area contributed by atoms with Gasteiger partial charge in [0.05, 0.1) is 24.3 Å². The van der Waals surface area contributed by atoms with Gasteiger partial charge in [0.2, 0.25) is 0 Å². The number of carbonyl (C=O) groups is 2. The Bertz CT molecular complexity index is 541. The highest BCUT2D eigenvalue weighted by molar-refractivity contribution is 5.95. The van der Waals surface area contributed by atoms with Gasteiger partial charge in [0.15, 0.2) is 0 Å². The standard InChI is InChI=1S/C15H18N2O4/c18-14(10-5-6-11(15(19)20)16-9-10)17-7-8-21-13-4-2-1-3-12(13)17/h5-6,9,12-13H,1-4,7-8H2,(H,19,20)/t12-,13-/m0/s1. The molecule has 1 aliphatic heterocycles. The smallest absolute Gasteiger partial charge is 0.354 e. The molecule has 3 rings (SSSR count). The third-order valence-electron chi connectivity index (χ3n) is 4.22. The molecule has 0 spiro atoms. The first-order chi connectivity index (χ1) is 10.2. The number of pyridine rings is 1. The summed E-state index contributed by atoms with van der Waals surface area (Å²) in [4.78, 5) is 29.1. The number of fused-ring (bicyclic) bond motifs is 1. The van der Waals surface area contributed by atoms with Crippen molar-refractivity contribution >= 4 is 11.9 Å². The second-order valence-electron chi connectivity index (χ2n) is 5.50. The topological polar surface area (TPSA) is 79.7 Å². The Morgan fingerprint density at radius 2 is 2.10 bits per heavy atom. The fourth-order valence-electron chi connectivity index (χ4n) is 3.16. The van der Waals surface area contributed by atoms with Crippen LogP contribution in [0.5, 0.6) is 0 Å². The minimum absolute atomic E-state index is 0.0518. The van der Waals surface area contributed by atoms with E-state index >= 15 is 0 Å². The van der Waals surface area contributed by atoms with Gasteiger partial charge in [-0.2, -0.15) is 0 Å². The average Bonchev–Trinajstić information content (AvgIpc) is 2.53. The first kappa shape index (κ1) is 14.0. The number of ether oxygens (including phenoxy) is 1. The molecule has 0 bridgehead atoms. The third kappa shape index (κ3) is 2.76. The summed E-state index contributed by atoms with van der Waals surface area (Å²) >= 11 is 0. The van der Waals surface area contributed by atoms with Gasteiger partial charge in [-0.15, -0.1) is 0 Å². The number of carboxylic acid groups (broad SMARTS) is 1. The normalized spacial score (nSPS) is 25.2. The number of nitrogens with zero attached hydrogens (tertiary/aromatic N) is 2. The first-order valence-corrected chi connectivity index (χ1v) is 7.29. The molecule has 2 heterocycles. The van der Waals surface area contributed by atoms with Crippen molar-refractivity contribution in [1.29, 1.82) is 0 Å². The Labute approximate surface area is 122 Å². The van der Waals surface area contributed by atoms with Crippen LogP contribution in [-0.2, 0) is 4.74 Å². The predicted octanol–water partition coefficient (Wildman–Crippen LogP) is 1.56. The molecule has 2 fully saturated rings. The largest absolute Gasteiger partial charge is 0.477 e. The van der Waals surface area contributed by atoms with E-state index in [1.807, 2.05) is 4.90 Å². The van der Waals surface area contributed by atoms with Gasteiger partial charge < -0.3 is 14.7 Å². The fourth-order valence-corrected chi connectivity index (χ4v) is 3.16. The molecular formula is C15H18N2O4. The Morgan fingerprint density at radius 3 is 2.81 bits per heavy atom. The lowest BCUT2D eigenvalue weighted by Gasteiger charge is -2.43. The molecule has 1 N–H and O–H groups in total. The molecule has 1 aromatic heterocycles. The Kier molecular flexibility index (Phi) is 3.88. The summed E-state index contributed by atoms with van der Waals surface area (Å²) in [6.07, 6.45) is 5.73. The summed E-state index contributed by atoms with van der Waals surface area (Å²) in [5, 5.41) is 8.84. The first-order valence-electron chi connectivity index (χ1n) is 7.29. The third-order valence-corrected chi connectivity index (χ3v) is 4.22. The number of carbonyl (C=O) groups excluding carboxylic acids is 1. The number of morpholine rings is 1. The lowest BCUT2D eigenvalue weighted by molar-refractivity contribution is -0.0752. The van der Waals surface area contributed by atoms with Crippen LogP contribution in [0.3, 0.4) is 0 Å². The van der Waals surface area contributed by atoms with Gasteiger partial charge in [-0.25, -0.2) is 9.78 Å². The van der Waals surface area contributed by atoms with Crippen molar-refractivity contribution in [3.05, 3.63) is 29.6 Å². The van der Waals surface area contributed by atoms with Crippen LogP contribution in [0.1, 0.15) is 46.5 Å². The van der Waals surface area contributed by atoms with E-state index in [1.54, 1.807) is 0 Å². The molecule has 21 heavy (non-hydrogen) atoms. The van der Waals surface area contributed by atoms with Gasteiger partial charge in [-0.1, -0.05) is 12.8 Å². The Morgan fingerprint density at radius 1 is 1.29 bits per heavy atom. The van der Waals surface area contributed by atoms with Crippen molar-refractivity contribution < 1.29 is 19.4 Å². The zero-order valence-electron chi connectivity index (χ0n) is 11.7. The van der Waals surface area contributed by atoms with Crippen molar-refractivity contribution in [2.45, 2.75) is 37.8 Å². The van der Waals surface area contributed by atoms with E-state index in [1.165, 1.54) is 18.3 Å². The van der Waals surface area contributed by atoms with Crippen LogP contribution in [0.2, 0.25) is 0 Å². The summed E-state index contributed by atoms with van der Waals surface area (Å²) in [5.74, 6) is -1.17.